The number of hydrogen-bond donors (Lipinski definition) is 1. The summed E-state index contributed by atoms with van der Waals surface area (Å²) < 4.78 is 17.9. The van der Waals surface area contributed by atoms with Crippen molar-refractivity contribution < 1.29 is 8.91 Å². The lowest BCUT2D eigenvalue weighted by molar-refractivity contribution is 0.460. The van der Waals surface area contributed by atoms with E-state index < -0.39 is 5.82 Å². The zero-order valence-corrected chi connectivity index (χ0v) is 6.54. The van der Waals surface area contributed by atoms with Crippen molar-refractivity contribution in [1.29, 1.82) is 0 Å². The number of nitrogens with two attached hydrogens (primary N) is 1. The minimum Gasteiger partial charge on any atom is -0.380 e. The number of fused-ring (bicyclic) bond motifs is 1. The maximum atomic E-state index is 13.1. The lowest BCUT2D eigenvalue weighted by Crippen LogP contribution is -1.86. The Morgan fingerprint density at radius 3 is 3.00 bits per heavy atom. The quantitative estimate of drug-likeness (QED) is 0.619. The van der Waals surface area contributed by atoms with Crippen LogP contribution in [0, 0.1) is 18.2 Å². The molecule has 1 aromatic carbocycles. The number of aromatic nitrogens is 1. The molecule has 64 valence electrons. The SMILES string of the molecule is C#Cc1cc2onc(N)c2cc1F. The van der Waals surface area contributed by atoms with Crippen LogP contribution in [0.3, 0.4) is 0 Å². The van der Waals surface area contributed by atoms with Crippen LogP contribution in [0.5, 0.6) is 0 Å². The molecule has 0 unspecified atom stereocenters. The fraction of sp³-hybridized carbons (Fsp3) is 0. The van der Waals surface area contributed by atoms with Gasteiger partial charge in [0.05, 0.1) is 10.9 Å². The second kappa shape index (κ2) is 2.49. The molecule has 0 fully saturated rings. The second-order valence-electron chi connectivity index (χ2n) is 2.54. The highest BCUT2D eigenvalue weighted by atomic mass is 19.1. The Morgan fingerprint density at radius 1 is 1.54 bits per heavy atom. The van der Waals surface area contributed by atoms with E-state index >= 15 is 0 Å². The number of anilines is 1. The average molecular weight is 176 g/mol. The number of rotatable bonds is 0. The highest BCUT2D eigenvalue weighted by Gasteiger charge is 2.09. The topological polar surface area (TPSA) is 52.0 Å². The van der Waals surface area contributed by atoms with Crippen molar-refractivity contribution >= 4 is 16.8 Å². The molecule has 1 aromatic heterocycles. The molecule has 0 aliphatic rings. The summed E-state index contributed by atoms with van der Waals surface area (Å²) in [6, 6.07) is 2.62. The molecule has 2 N–H and O–H groups in total. The fourth-order valence-corrected chi connectivity index (χ4v) is 1.09. The van der Waals surface area contributed by atoms with E-state index in [4.69, 9.17) is 16.7 Å². The molecule has 3 nitrogen and oxygen atoms in total. The second-order valence-corrected chi connectivity index (χ2v) is 2.54. The van der Waals surface area contributed by atoms with Gasteiger partial charge in [0, 0.05) is 6.07 Å². The predicted octanol–water partition coefficient (Wildman–Crippen LogP) is 1.53. The van der Waals surface area contributed by atoms with Crippen molar-refractivity contribution in [1.82, 2.24) is 5.16 Å². The molecule has 2 rings (SSSR count). The largest absolute Gasteiger partial charge is 0.380 e. The third kappa shape index (κ3) is 1.02. The summed E-state index contributed by atoms with van der Waals surface area (Å²) in [6.07, 6.45) is 5.07. The molecule has 4 heteroatoms. The van der Waals surface area contributed by atoms with Gasteiger partial charge in [-0.2, -0.15) is 0 Å². The summed E-state index contributed by atoms with van der Waals surface area (Å²) in [5.41, 5.74) is 5.95. The van der Waals surface area contributed by atoms with Gasteiger partial charge in [-0.25, -0.2) is 4.39 Å². The molecular weight excluding hydrogens is 171 g/mol. The van der Waals surface area contributed by atoms with E-state index in [-0.39, 0.29) is 11.4 Å². The van der Waals surface area contributed by atoms with Gasteiger partial charge in [-0.3, -0.25) is 0 Å². The van der Waals surface area contributed by atoms with E-state index in [1.807, 2.05) is 0 Å². The van der Waals surface area contributed by atoms with Gasteiger partial charge in [0.1, 0.15) is 5.82 Å². The van der Waals surface area contributed by atoms with Crippen molar-refractivity contribution in [3.63, 3.8) is 0 Å². The molecule has 0 aliphatic carbocycles. The first-order chi connectivity index (χ1) is 6.22. The minimum atomic E-state index is -0.495. The summed E-state index contributed by atoms with van der Waals surface area (Å²) in [5.74, 6) is 1.86. The lowest BCUT2D eigenvalue weighted by atomic mass is 10.1. The fourth-order valence-electron chi connectivity index (χ4n) is 1.09. The molecular formula is C9H5FN2O. The number of terminal acetylenes is 1. The van der Waals surface area contributed by atoms with Crippen LogP contribution in [0.2, 0.25) is 0 Å². The summed E-state index contributed by atoms with van der Waals surface area (Å²) in [7, 11) is 0. The van der Waals surface area contributed by atoms with Gasteiger partial charge in [-0.1, -0.05) is 11.1 Å². The van der Waals surface area contributed by atoms with Gasteiger partial charge in [0.2, 0.25) is 0 Å². The molecule has 0 atom stereocenters. The van der Waals surface area contributed by atoms with Crippen LogP contribution in [0.1, 0.15) is 5.56 Å². The maximum absolute atomic E-state index is 13.1. The van der Waals surface area contributed by atoms with Crippen molar-refractivity contribution in [2.24, 2.45) is 0 Å². The van der Waals surface area contributed by atoms with Crippen LogP contribution in [-0.4, -0.2) is 5.16 Å². The van der Waals surface area contributed by atoms with Crippen LogP contribution in [0.4, 0.5) is 10.2 Å². The molecule has 0 saturated heterocycles. The Labute approximate surface area is 73.3 Å². The highest BCUT2D eigenvalue weighted by Crippen LogP contribution is 2.23. The molecule has 13 heavy (non-hydrogen) atoms. The summed E-state index contributed by atoms with van der Waals surface area (Å²) in [6.45, 7) is 0. The van der Waals surface area contributed by atoms with Gasteiger partial charge in [0.15, 0.2) is 11.4 Å². The molecule has 0 amide bonds. The monoisotopic (exact) mass is 176 g/mol. The Hall–Kier alpha value is -2.02. The summed E-state index contributed by atoms with van der Waals surface area (Å²) in [5, 5.41) is 3.92. The predicted molar refractivity (Wildman–Crippen MR) is 46.3 cm³/mol. The first kappa shape index (κ1) is 7.62. The molecule has 1 heterocycles. The molecule has 0 bridgehead atoms. The highest BCUT2D eigenvalue weighted by molar-refractivity contribution is 5.87. The summed E-state index contributed by atoms with van der Waals surface area (Å²) in [4.78, 5) is 0. The third-order valence-electron chi connectivity index (χ3n) is 1.74. The number of nitrogen functional groups attached to an aromatic ring is 1. The van der Waals surface area contributed by atoms with Crippen molar-refractivity contribution in [2.75, 3.05) is 5.73 Å². The van der Waals surface area contributed by atoms with E-state index in [0.29, 0.717) is 11.0 Å². The van der Waals surface area contributed by atoms with Crippen molar-refractivity contribution in [3.8, 4) is 12.3 Å². The van der Waals surface area contributed by atoms with Crippen molar-refractivity contribution in [3.05, 3.63) is 23.5 Å². The first-order valence-electron chi connectivity index (χ1n) is 3.53. The lowest BCUT2D eigenvalue weighted by Gasteiger charge is -1.93. The van der Waals surface area contributed by atoms with Crippen LogP contribution in [0.15, 0.2) is 16.7 Å². The van der Waals surface area contributed by atoms with E-state index in [1.165, 1.54) is 12.1 Å². The maximum Gasteiger partial charge on any atom is 0.174 e. The smallest absolute Gasteiger partial charge is 0.174 e. The molecule has 0 spiro atoms. The third-order valence-corrected chi connectivity index (χ3v) is 1.74. The zero-order chi connectivity index (χ0) is 9.42. The van der Waals surface area contributed by atoms with Gasteiger partial charge in [-0.15, -0.1) is 6.42 Å². The number of halogens is 1. The van der Waals surface area contributed by atoms with Gasteiger partial charge < -0.3 is 10.3 Å². The van der Waals surface area contributed by atoms with Gasteiger partial charge in [0.25, 0.3) is 0 Å². The molecule has 0 radical (unpaired) electrons. The Bertz CT molecular complexity index is 510. The zero-order valence-electron chi connectivity index (χ0n) is 6.54. The minimum absolute atomic E-state index is 0.142. The van der Waals surface area contributed by atoms with E-state index in [1.54, 1.807) is 0 Å². The number of benzene rings is 1. The van der Waals surface area contributed by atoms with Crippen LogP contribution in [0.25, 0.3) is 11.0 Å². The van der Waals surface area contributed by atoms with E-state index in [0.717, 1.165) is 0 Å². The molecule has 0 saturated carbocycles. The molecule has 2 aromatic rings. The molecule has 0 aliphatic heterocycles. The van der Waals surface area contributed by atoms with Crippen molar-refractivity contribution in [2.45, 2.75) is 0 Å². The number of nitrogens with zero attached hydrogens (tertiary/aromatic N) is 1. The van der Waals surface area contributed by atoms with Gasteiger partial charge in [-0.05, 0) is 6.07 Å². The Kier molecular flexibility index (Phi) is 1.46. The van der Waals surface area contributed by atoms with Crippen LogP contribution >= 0.6 is 0 Å². The number of hydrogen-bond acceptors (Lipinski definition) is 3. The van der Waals surface area contributed by atoms with Crippen LogP contribution < -0.4 is 5.73 Å². The standard InChI is InChI=1S/C9H5FN2O/c1-2-5-3-8-6(4-7(5)10)9(11)12-13-8/h1,3-4H,(H2,11,12). The first-order valence-corrected chi connectivity index (χ1v) is 3.53. The normalized spacial score (nSPS) is 10.2. The van der Waals surface area contributed by atoms with E-state index in [9.17, 15) is 4.39 Å². The summed E-state index contributed by atoms with van der Waals surface area (Å²) >= 11 is 0. The van der Waals surface area contributed by atoms with Crippen LogP contribution in [-0.2, 0) is 0 Å². The van der Waals surface area contributed by atoms with Gasteiger partial charge >= 0.3 is 0 Å². The Morgan fingerprint density at radius 2 is 2.31 bits per heavy atom. The average Bonchev–Trinajstić information content (AvgIpc) is 2.47. The van der Waals surface area contributed by atoms with E-state index in [2.05, 4.69) is 11.1 Å². The Balaban J connectivity index is 2.85.